The van der Waals surface area contributed by atoms with Crippen molar-refractivity contribution in [2.24, 2.45) is 10.9 Å². The van der Waals surface area contributed by atoms with Crippen LogP contribution in [0.1, 0.15) is 32.6 Å². The highest BCUT2D eigenvalue weighted by Gasteiger charge is 2.15. The van der Waals surface area contributed by atoms with Gasteiger partial charge in [0.2, 0.25) is 0 Å². The molecule has 0 amide bonds. The first-order valence-electron chi connectivity index (χ1n) is 9.65. The van der Waals surface area contributed by atoms with Crippen molar-refractivity contribution in [2.75, 3.05) is 51.8 Å². The van der Waals surface area contributed by atoms with E-state index in [0.29, 0.717) is 0 Å². The quantitative estimate of drug-likeness (QED) is 0.247. The molecule has 6 heteroatoms. The summed E-state index contributed by atoms with van der Waals surface area (Å²) in [5.74, 6) is 1.82. The third-order valence-electron chi connectivity index (χ3n) is 4.61. The normalized spacial score (nSPS) is 15.2. The van der Waals surface area contributed by atoms with Gasteiger partial charge in [-0.25, -0.2) is 0 Å². The molecule has 1 aromatic rings. The van der Waals surface area contributed by atoms with Crippen LogP contribution in [-0.4, -0.2) is 57.3 Å². The molecule has 148 valence electrons. The number of ether oxygens (including phenoxy) is 1. The van der Waals surface area contributed by atoms with Crippen LogP contribution in [0.5, 0.6) is 0 Å². The van der Waals surface area contributed by atoms with Gasteiger partial charge in [-0.15, -0.1) is 24.0 Å². The molecule has 5 nitrogen and oxygen atoms in total. The van der Waals surface area contributed by atoms with Gasteiger partial charge in [0.25, 0.3) is 0 Å². The van der Waals surface area contributed by atoms with E-state index in [0.717, 1.165) is 57.7 Å². The smallest absolute Gasteiger partial charge is 0.193 e. The number of aliphatic imine (C=N–C) groups is 1. The minimum atomic E-state index is 0. The molecule has 0 spiro atoms. The summed E-state index contributed by atoms with van der Waals surface area (Å²) in [6.45, 7) is 7.72. The summed E-state index contributed by atoms with van der Waals surface area (Å²) in [5.41, 5.74) is 1.17. The number of rotatable bonds is 9. The van der Waals surface area contributed by atoms with Crippen LogP contribution in [0, 0.1) is 5.92 Å². The van der Waals surface area contributed by atoms with Crippen molar-refractivity contribution < 1.29 is 4.74 Å². The van der Waals surface area contributed by atoms with E-state index in [1.165, 1.54) is 24.9 Å². The summed E-state index contributed by atoms with van der Waals surface area (Å²) < 4.78 is 5.44. The lowest BCUT2D eigenvalue weighted by atomic mass is 9.96. The average molecular weight is 474 g/mol. The highest BCUT2D eigenvalue weighted by molar-refractivity contribution is 14.0. The molecule has 1 aliphatic heterocycles. The van der Waals surface area contributed by atoms with Crippen LogP contribution in [-0.2, 0) is 4.74 Å². The third-order valence-corrected chi connectivity index (χ3v) is 4.61. The number of para-hydroxylation sites is 1. The molecule has 1 saturated heterocycles. The monoisotopic (exact) mass is 474 g/mol. The summed E-state index contributed by atoms with van der Waals surface area (Å²) in [5, 5.41) is 6.84. The van der Waals surface area contributed by atoms with Gasteiger partial charge < -0.3 is 20.3 Å². The van der Waals surface area contributed by atoms with Crippen LogP contribution < -0.4 is 10.6 Å². The summed E-state index contributed by atoms with van der Waals surface area (Å²) >= 11 is 0. The number of nitrogens with one attached hydrogen (secondary N) is 2. The fourth-order valence-electron chi connectivity index (χ4n) is 3.04. The fraction of sp³-hybridized carbons (Fsp3) is 0.650. The standard InChI is InChI=1S/C20H34N4O.HI/c1-3-21-20(24(2)15-10-18-11-16-25-17-12-18)23-14-7-13-22-19-8-5-4-6-9-19;/h4-6,8-9,18,22H,3,7,10-17H2,1-2H3,(H,21,23);1H. The first kappa shape index (κ1) is 23.0. The average Bonchev–Trinajstić information content (AvgIpc) is 2.66. The minimum Gasteiger partial charge on any atom is -0.385 e. The molecule has 0 aromatic heterocycles. The summed E-state index contributed by atoms with van der Waals surface area (Å²) in [7, 11) is 2.14. The highest BCUT2D eigenvalue weighted by Crippen LogP contribution is 2.18. The second-order valence-corrected chi connectivity index (χ2v) is 6.65. The van der Waals surface area contributed by atoms with E-state index in [9.17, 15) is 0 Å². The molecule has 1 aliphatic rings. The van der Waals surface area contributed by atoms with E-state index >= 15 is 0 Å². The lowest BCUT2D eigenvalue weighted by Crippen LogP contribution is -2.40. The maximum Gasteiger partial charge on any atom is 0.193 e. The second kappa shape index (κ2) is 14.1. The van der Waals surface area contributed by atoms with Gasteiger partial charge in [0.15, 0.2) is 5.96 Å². The lowest BCUT2D eigenvalue weighted by Gasteiger charge is -2.26. The minimum absolute atomic E-state index is 0. The lowest BCUT2D eigenvalue weighted by molar-refractivity contribution is 0.0625. The van der Waals surface area contributed by atoms with Gasteiger partial charge in [-0.1, -0.05) is 18.2 Å². The Hall–Kier alpha value is -1.02. The zero-order chi connectivity index (χ0) is 17.7. The van der Waals surface area contributed by atoms with Gasteiger partial charge >= 0.3 is 0 Å². The Balaban J connectivity index is 0.00000338. The van der Waals surface area contributed by atoms with E-state index < -0.39 is 0 Å². The van der Waals surface area contributed by atoms with Crippen molar-refractivity contribution >= 4 is 35.6 Å². The number of halogens is 1. The second-order valence-electron chi connectivity index (χ2n) is 6.65. The summed E-state index contributed by atoms with van der Waals surface area (Å²) in [4.78, 5) is 7.04. The summed E-state index contributed by atoms with van der Waals surface area (Å²) in [6.07, 6.45) is 4.65. The van der Waals surface area contributed by atoms with E-state index in [2.05, 4.69) is 53.8 Å². The van der Waals surface area contributed by atoms with E-state index in [4.69, 9.17) is 9.73 Å². The molecule has 0 atom stereocenters. The van der Waals surface area contributed by atoms with Crippen molar-refractivity contribution in [1.29, 1.82) is 0 Å². The first-order valence-corrected chi connectivity index (χ1v) is 9.65. The molecule has 0 bridgehead atoms. The predicted octanol–water partition coefficient (Wildman–Crippen LogP) is 3.82. The largest absolute Gasteiger partial charge is 0.385 e. The number of hydrogen-bond acceptors (Lipinski definition) is 3. The van der Waals surface area contributed by atoms with Crippen molar-refractivity contribution in [3.05, 3.63) is 30.3 Å². The van der Waals surface area contributed by atoms with Crippen molar-refractivity contribution in [3.63, 3.8) is 0 Å². The third kappa shape index (κ3) is 9.07. The van der Waals surface area contributed by atoms with Gasteiger partial charge in [0.05, 0.1) is 0 Å². The molecule has 1 aromatic carbocycles. The van der Waals surface area contributed by atoms with Crippen molar-refractivity contribution in [3.8, 4) is 0 Å². The fourth-order valence-corrected chi connectivity index (χ4v) is 3.04. The Morgan fingerprint density at radius 1 is 1.23 bits per heavy atom. The molecule has 0 unspecified atom stereocenters. The van der Waals surface area contributed by atoms with Crippen LogP contribution >= 0.6 is 24.0 Å². The Labute approximate surface area is 176 Å². The molecule has 0 saturated carbocycles. The van der Waals surface area contributed by atoms with Gasteiger partial charge in [0, 0.05) is 52.1 Å². The molecule has 2 N–H and O–H groups in total. The van der Waals surface area contributed by atoms with E-state index in [-0.39, 0.29) is 24.0 Å². The van der Waals surface area contributed by atoms with Gasteiger partial charge in [-0.05, 0) is 50.7 Å². The zero-order valence-electron chi connectivity index (χ0n) is 16.2. The van der Waals surface area contributed by atoms with Crippen LogP contribution in [0.15, 0.2) is 35.3 Å². The van der Waals surface area contributed by atoms with Gasteiger partial charge in [-0.3, -0.25) is 4.99 Å². The maximum absolute atomic E-state index is 5.44. The molecule has 0 radical (unpaired) electrons. The van der Waals surface area contributed by atoms with Crippen LogP contribution in [0.4, 0.5) is 5.69 Å². The number of guanidine groups is 1. The molecule has 26 heavy (non-hydrogen) atoms. The summed E-state index contributed by atoms with van der Waals surface area (Å²) in [6, 6.07) is 10.3. The van der Waals surface area contributed by atoms with Gasteiger partial charge in [0.1, 0.15) is 0 Å². The Morgan fingerprint density at radius 3 is 2.65 bits per heavy atom. The van der Waals surface area contributed by atoms with Crippen LogP contribution in [0.25, 0.3) is 0 Å². The Bertz CT molecular complexity index is 492. The zero-order valence-corrected chi connectivity index (χ0v) is 18.6. The first-order chi connectivity index (χ1) is 12.3. The van der Waals surface area contributed by atoms with Crippen molar-refractivity contribution in [2.45, 2.75) is 32.6 Å². The molecule has 1 fully saturated rings. The van der Waals surface area contributed by atoms with Crippen LogP contribution in [0.2, 0.25) is 0 Å². The number of hydrogen-bond donors (Lipinski definition) is 2. The highest BCUT2D eigenvalue weighted by atomic mass is 127. The number of nitrogens with zero attached hydrogens (tertiary/aromatic N) is 2. The molecule has 2 rings (SSSR count). The van der Waals surface area contributed by atoms with E-state index in [1.54, 1.807) is 0 Å². The van der Waals surface area contributed by atoms with Crippen LogP contribution in [0.3, 0.4) is 0 Å². The van der Waals surface area contributed by atoms with E-state index in [1.807, 2.05) is 6.07 Å². The predicted molar refractivity (Wildman–Crippen MR) is 122 cm³/mol. The SMILES string of the molecule is CCNC(=NCCCNc1ccccc1)N(C)CCC1CCOCC1.I. The molecule has 1 heterocycles. The number of anilines is 1. The molecule has 0 aliphatic carbocycles. The Kier molecular flexibility index (Phi) is 12.5. The Morgan fingerprint density at radius 2 is 1.96 bits per heavy atom. The molecular formula is C20H35IN4O. The molecular weight excluding hydrogens is 439 g/mol. The number of benzene rings is 1. The van der Waals surface area contributed by atoms with Crippen molar-refractivity contribution in [1.82, 2.24) is 10.2 Å². The topological polar surface area (TPSA) is 48.9 Å². The van der Waals surface area contributed by atoms with Gasteiger partial charge in [-0.2, -0.15) is 0 Å². The maximum atomic E-state index is 5.44.